The summed E-state index contributed by atoms with van der Waals surface area (Å²) in [6, 6.07) is 2.12. The molecule has 1 aromatic carbocycles. The van der Waals surface area contributed by atoms with Crippen LogP contribution in [-0.2, 0) is 0 Å². The summed E-state index contributed by atoms with van der Waals surface area (Å²) >= 11 is 9.60. The van der Waals surface area contributed by atoms with Crippen molar-refractivity contribution in [2.45, 2.75) is 18.6 Å². The van der Waals surface area contributed by atoms with Crippen LogP contribution in [0.2, 0.25) is 5.02 Å². The minimum atomic E-state index is -1.26. The molecule has 0 aliphatic carbocycles. The smallest absolute Gasteiger partial charge is 0.125 e. The Kier molecular flexibility index (Phi) is 4.86. The molecule has 2 atom stereocenters. The van der Waals surface area contributed by atoms with Gasteiger partial charge in [-0.25, -0.2) is 4.39 Å². The van der Waals surface area contributed by atoms with Crippen molar-refractivity contribution >= 4 is 29.9 Å². The number of nitrogens with two attached hydrogens (primary N) is 1. The number of halogens is 2. The van der Waals surface area contributed by atoms with Gasteiger partial charge in [-0.3, -0.25) is 0 Å². The molecule has 0 bridgehead atoms. The number of anilines is 1. The number of rotatable bonds is 4. The molecule has 90 valence electrons. The average molecular weight is 266 g/mol. The Hall–Kier alpha value is -0.490. The van der Waals surface area contributed by atoms with Crippen LogP contribution < -0.4 is 5.73 Å². The number of benzene rings is 1. The van der Waals surface area contributed by atoms with Crippen molar-refractivity contribution in [2.75, 3.05) is 11.5 Å². The van der Waals surface area contributed by atoms with Crippen molar-refractivity contribution in [1.29, 1.82) is 0 Å². The molecule has 0 spiro atoms. The van der Waals surface area contributed by atoms with E-state index in [0.717, 1.165) is 12.1 Å². The first-order valence-electron chi connectivity index (χ1n) is 4.68. The highest BCUT2D eigenvalue weighted by Gasteiger charge is 2.21. The topological polar surface area (TPSA) is 66.5 Å². The molecule has 0 amide bonds. The number of nitrogen functional groups attached to an aromatic ring is 1. The molecule has 1 rings (SSSR count). The Balaban J connectivity index is 3.03. The van der Waals surface area contributed by atoms with Crippen LogP contribution in [0.5, 0.6) is 0 Å². The molecular formula is C10H13ClFNO2S. The lowest BCUT2D eigenvalue weighted by Crippen LogP contribution is -2.20. The molecule has 0 aromatic heterocycles. The second kappa shape index (κ2) is 5.72. The third-order valence-electron chi connectivity index (χ3n) is 2.23. The molecule has 0 saturated heterocycles. The highest BCUT2D eigenvalue weighted by molar-refractivity contribution is 7.80. The molecule has 0 aliphatic heterocycles. The Labute approximate surface area is 103 Å². The zero-order chi connectivity index (χ0) is 12.3. The maximum Gasteiger partial charge on any atom is 0.125 e. The second-order valence-electron chi connectivity index (χ2n) is 3.41. The quantitative estimate of drug-likeness (QED) is 0.496. The molecule has 0 aliphatic rings. The first kappa shape index (κ1) is 13.6. The summed E-state index contributed by atoms with van der Waals surface area (Å²) < 4.78 is 13.1. The van der Waals surface area contributed by atoms with Gasteiger partial charge in [0.25, 0.3) is 0 Å². The van der Waals surface area contributed by atoms with Gasteiger partial charge in [-0.05, 0) is 24.3 Å². The third-order valence-corrected chi connectivity index (χ3v) is 2.81. The first-order valence-corrected chi connectivity index (χ1v) is 5.69. The molecule has 2 unspecified atom stereocenters. The molecule has 0 fully saturated rings. The molecule has 0 radical (unpaired) electrons. The van der Waals surface area contributed by atoms with E-state index in [4.69, 9.17) is 17.3 Å². The minimum absolute atomic E-state index is 0.0205. The predicted molar refractivity (Wildman–Crippen MR) is 65.3 cm³/mol. The number of hydrogen-bond acceptors (Lipinski definition) is 4. The summed E-state index contributed by atoms with van der Waals surface area (Å²) in [5, 5.41) is 19.3. The Morgan fingerprint density at radius 2 is 2.06 bits per heavy atom. The summed E-state index contributed by atoms with van der Waals surface area (Å²) in [6.07, 6.45) is -2.03. The normalized spacial score (nSPS) is 14.8. The van der Waals surface area contributed by atoms with Crippen molar-refractivity contribution in [3.8, 4) is 0 Å². The standard InChI is InChI=1S/C10H13ClFNO2S/c11-7-4-5(12)3-6(9(7)13)10(15)8(14)1-2-16/h3-4,8,10,14-16H,1-2,13H2. The molecule has 6 heteroatoms. The lowest BCUT2D eigenvalue weighted by Gasteiger charge is -2.19. The van der Waals surface area contributed by atoms with Crippen molar-refractivity contribution in [3.63, 3.8) is 0 Å². The van der Waals surface area contributed by atoms with Gasteiger partial charge in [-0.2, -0.15) is 12.6 Å². The van der Waals surface area contributed by atoms with Gasteiger partial charge in [0.15, 0.2) is 0 Å². The summed E-state index contributed by atoms with van der Waals surface area (Å²) in [7, 11) is 0. The van der Waals surface area contributed by atoms with Gasteiger partial charge in [0.05, 0.1) is 16.8 Å². The summed E-state index contributed by atoms with van der Waals surface area (Å²) in [6.45, 7) is 0. The zero-order valence-electron chi connectivity index (χ0n) is 8.40. The fourth-order valence-electron chi connectivity index (χ4n) is 1.35. The summed E-state index contributed by atoms with van der Waals surface area (Å²) in [4.78, 5) is 0. The van der Waals surface area contributed by atoms with Crippen LogP contribution in [0.4, 0.5) is 10.1 Å². The van der Waals surface area contributed by atoms with E-state index in [0.29, 0.717) is 5.75 Å². The molecular weight excluding hydrogens is 253 g/mol. The van der Waals surface area contributed by atoms with E-state index < -0.39 is 18.0 Å². The molecule has 3 nitrogen and oxygen atoms in total. The van der Waals surface area contributed by atoms with E-state index in [2.05, 4.69) is 12.6 Å². The highest BCUT2D eigenvalue weighted by atomic mass is 35.5. The lowest BCUT2D eigenvalue weighted by molar-refractivity contribution is 0.0175. The van der Waals surface area contributed by atoms with Gasteiger partial charge in [-0.1, -0.05) is 11.6 Å². The van der Waals surface area contributed by atoms with Crippen LogP contribution >= 0.6 is 24.2 Å². The van der Waals surface area contributed by atoms with E-state index in [1.165, 1.54) is 0 Å². The Morgan fingerprint density at radius 3 is 2.62 bits per heavy atom. The SMILES string of the molecule is Nc1c(Cl)cc(F)cc1C(O)C(O)CCS. The maximum atomic E-state index is 13.1. The summed E-state index contributed by atoms with van der Waals surface area (Å²) in [5.41, 5.74) is 5.77. The van der Waals surface area contributed by atoms with Gasteiger partial charge in [-0.15, -0.1) is 0 Å². The van der Waals surface area contributed by atoms with E-state index in [-0.39, 0.29) is 22.7 Å². The molecule has 0 saturated carbocycles. The van der Waals surface area contributed by atoms with E-state index in [9.17, 15) is 14.6 Å². The number of thiol groups is 1. The zero-order valence-corrected chi connectivity index (χ0v) is 10.0. The van der Waals surface area contributed by atoms with Gasteiger partial charge in [0.2, 0.25) is 0 Å². The van der Waals surface area contributed by atoms with Crippen molar-refractivity contribution in [2.24, 2.45) is 0 Å². The molecule has 4 N–H and O–H groups in total. The highest BCUT2D eigenvalue weighted by Crippen LogP contribution is 2.31. The average Bonchev–Trinajstić information content (AvgIpc) is 2.22. The Morgan fingerprint density at radius 1 is 1.44 bits per heavy atom. The van der Waals surface area contributed by atoms with Gasteiger partial charge < -0.3 is 15.9 Å². The van der Waals surface area contributed by atoms with Gasteiger partial charge in [0.1, 0.15) is 11.9 Å². The van der Waals surface area contributed by atoms with Crippen LogP contribution in [0.25, 0.3) is 0 Å². The van der Waals surface area contributed by atoms with Crippen molar-refractivity contribution in [3.05, 3.63) is 28.5 Å². The van der Waals surface area contributed by atoms with Gasteiger partial charge >= 0.3 is 0 Å². The number of aliphatic hydroxyl groups excluding tert-OH is 2. The van der Waals surface area contributed by atoms with E-state index >= 15 is 0 Å². The predicted octanol–water partition coefficient (Wildman–Crippen LogP) is 1.78. The maximum absolute atomic E-state index is 13.1. The minimum Gasteiger partial charge on any atom is -0.397 e. The molecule has 16 heavy (non-hydrogen) atoms. The summed E-state index contributed by atoms with van der Waals surface area (Å²) in [5.74, 6) is -0.201. The van der Waals surface area contributed by atoms with Crippen LogP contribution in [0.15, 0.2) is 12.1 Å². The van der Waals surface area contributed by atoms with Crippen LogP contribution in [-0.4, -0.2) is 22.1 Å². The fraction of sp³-hybridized carbons (Fsp3) is 0.400. The van der Waals surface area contributed by atoms with E-state index in [1.54, 1.807) is 0 Å². The van der Waals surface area contributed by atoms with Crippen molar-refractivity contribution in [1.82, 2.24) is 0 Å². The Bertz CT molecular complexity index is 378. The number of hydrogen-bond donors (Lipinski definition) is 4. The second-order valence-corrected chi connectivity index (χ2v) is 4.27. The third kappa shape index (κ3) is 3.01. The van der Waals surface area contributed by atoms with Gasteiger partial charge in [0, 0.05) is 5.56 Å². The monoisotopic (exact) mass is 265 g/mol. The fourth-order valence-corrected chi connectivity index (χ4v) is 1.82. The van der Waals surface area contributed by atoms with Crippen LogP contribution in [0, 0.1) is 5.82 Å². The molecule has 0 heterocycles. The number of aliphatic hydroxyl groups is 2. The lowest BCUT2D eigenvalue weighted by atomic mass is 10.0. The first-order chi connectivity index (χ1) is 7.47. The van der Waals surface area contributed by atoms with Crippen LogP contribution in [0.3, 0.4) is 0 Å². The largest absolute Gasteiger partial charge is 0.397 e. The molecule has 1 aromatic rings. The van der Waals surface area contributed by atoms with Crippen LogP contribution in [0.1, 0.15) is 18.1 Å². The van der Waals surface area contributed by atoms with Crippen molar-refractivity contribution < 1.29 is 14.6 Å². The van der Waals surface area contributed by atoms with E-state index in [1.807, 2.05) is 0 Å².